The lowest BCUT2D eigenvalue weighted by Gasteiger charge is -2.18. The second-order valence-corrected chi connectivity index (χ2v) is 11.8. The zero-order valence-corrected chi connectivity index (χ0v) is 26.2. The molecule has 6 nitrogen and oxygen atoms in total. The van der Waals surface area contributed by atoms with Gasteiger partial charge in [0.05, 0.1) is 28.1 Å². The zero-order valence-electron chi connectivity index (χ0n) is 26.2. The summed E-state index contributed by atoms with van der Waals surface area (Å²) < 4.78 is 8.75. The SMILES string of the molecule is CN1ON(c2cccc(Oc3ccc4c5ccccc5n(-c5cc(-c6ccccc6-c6ccccc6)ccn5)c4c3)c2)c2ccccc21. The number of hydrogen-bond donors (Lipinski definition) is 0. The molecule has 0 N–H and O–H groups in total. The molecule has 1 aliphatic rings. The molecule has 0 unspecified atom stereocenters. The molecule has 0 saturated carbocycles. The van der Waals surface area contributed by atoms with Crippen molar-refractivity contribution in [3.05, 3.63) is 164 Å². The van der Waals surface area contributed by atoms with Gasteiger partial charge in [-0.05, 0) is 76.9 Å². The smallest absolute Gasteiger partial charge is 0.138 e. The van der Waals surface area contributed by atoms with Gasteiger partial charge >= 0.3 is 0 Å². The number of hydrogen-bond acceptors (Lipinski definition) is 5. The largest absolute Gasteiger partial charge is 0.457 e. The molecule has 48 heavy (non-hydrogen) atoms. The van der Waals surface area contributed by atoms with Crippen LogP contribution in [0, 0.1) is 0 Å². The van der Waals surface area contributed by atoms with Gasteiger partial charge in [0.1, 0.15) is 17.3 Å². The van der Waals surface area contributed by atoms with Gasteiger partial charge in [-0.1, -0.05) is 91.0 Å². The molecule has 0 aliphatic carbocycles. The number of rotatable bonds is 6. The highest BCUT2D eigenvalue weighted by molar-refractivity contribution is 6.09. The highest BCUT2D eigenvalue weighted by Crippen LogP contribution is 2.42. The summed E-state index contributed by atoms with van der Waals surface area (Å²) in [5.41, 5.74) is 9.58. The number of benzene rings is 6. The second kappa shape index (κ2) is 11.5. The molecular formula is C42H30N4O2. The number of hydroxylamine groups is 1. The monoisotopic (exact) mass is 622 g/mol. The van der Waals surface area contributed by atoms with Crippen LogP contribution in [-0.2, 0) is 4.94 Å². The molecule has 0 radical (unpaired) electrons. The molecule has 0 atom stereocenters. The van der Waals surface area contributed by atoms with Crippen molar-refractivity contribution in [1.29, 1.82) is 0 Å². The summed E-state index contributed by atoms with van der Waals surface area (Å²) in [6.07, 6.45) is 1.90. The Morgan fingerprint density at radius 1 is 0.542 bits per heavy atom. The van der Waals surface area contributed by atoms with E-state index in [4.69, 9.17) is 14.7 Å². The number of aromatic nitrogens is 2. The van der Waals surface area contributed by atoms with Gasteiger partial charge in [-0.2, -0.15) is 5.06 Å². The molecule has 3 heterocycles. The molecular weight excluding hydrogens is 592 g/mol. The summed E-state index contributed by atoms with van der Waals surface area (Å²) >= 11 is 0. The number of para-hydroxylation sites is 3. The summed E-state index contributed by atoms with van der Waals surface area (Å²) in [4.78, 5) is 11.0. The van der Waals surface area contributed by atoms with E-state index in [9.17, 15) is 0 Å². The van der Waals surface area contributed by atoms with Crippen LogP contribution >= 0.6 is 0 Å². The van der Waals surface area contributed by atoms with Crippen molar-refractivity contribution in [2.45, 2.75) is 0 Å². The Morgan fingerprint density at radius 3 is 2.12 bits per heavy atom. The van der Waals surface area contributed by atoms with Gasteiger partial charge < -0.3 is 4.74 Å². The minimum absolute atomic E-state index is 0.711. The number of anilines is 3. The first-order chi connectivity index (χ1) is 23.7. The van der Waals surface area contributed by atoms with Gasteiger partial charge in [0.2, 0.25) is 0 Å². The van der Waals surface area contributed by atoms with Crippen LogP contribution in [0.3, 0.4) is 0 Å². The second-order valence-electron chi connectivity index (χ2n) is 11.8. The topological polar surface area (TPSA) is 42.8 Å². The van der Waals surface area contributed by atoms with Gasteiger partial charge in [0.25, 0.3) is 0 Å². The fourth-order valence-corrected chi connectivity index (χ4v) is 6.68. The van der Waals surface area contributed by atoms with Crippen molar-refractivity contribution in [3.63, 3.8) is 0 Å². The predicted molar refractivity (Wildman–Crippen MR) is 194 cm³/mol. The Kier molecular flexibility index (Phi) is 6.66. The maximum absolute atomic E-state index is 6.52. The Hall–Kier alpha value is -6.37. The first-order valence-corrected chi connectivity index (χ1v) is 15.9. The van der Waals surface area contributed by atoms with Crippen molar-refractivity contribution in [3.8, 4) is 39.6 Å². The molecule has 230 valence electrons. The predicted octanol–water partition coefficient (Wildman–Crippen LogP) is 10.7. The molecule has 6 aromatic carbocycles. The van der Waals surface area contributed by atoms with E-state index in [1.165, 1.54) is 11.1 Å². The van der Waals surface area contributed by atoms with Crippen molar-refractivity contribution >= 4 is 38.9 Å². The van der Waals surface area contributed by atoms with E-state index in [-0.39, 0.29) is 0 Å². The Balaban J connectivity index is 1.12. The van der Waals surface area contributed by atoms with Crippen molar-refractivity contribution in [2.75, 3.05) is 17.2 Å². The van der Waals surface area contributed by atoms with E-state index < -0.39 is 0 Å². The van der Waals surface area contributed by atoms with Gasteiger partial charge in [-0.3, -0.25) is 4.57 Å². The van der Waals surface area contributed by atoms with Crippen LogP contribution in [0.15, 0.2) is 164 Å². The van der Waals surface area contributed by atoms with Crippen LogP contribution in [0.25, 0.3) is 49.9 Å². The molecule has 0 spiro atoms. The fourth-order valence-electron chi connectivity index (χ4n) is 6.68. The molecule has 2 aromatic heterocycles. The lowest BCUT2D eigenvalue weighted by molar-refractivity contribution is 0.142. The fraction of sp³-hybridized carbons (Fsp3) is 0.0238. The number of fused-ring (bicyclic) bond motifs is 4. The quantitative estimate of drug-likeness (QED) is 0.185. The van der Waals surface area contributed by atoms with E-state index in [1.54, 1.807) is 5.06 Å². The van der Waals surface area contributed by atoms with E-state index in [2.05, 4.69) is 102 Å². The summed E-state index contributed by atoms with van der Waals surface area (Å²) in [7, 11) is 1.90. The summed E-state index contributed by atoms with van der Waals surface area (Å²) in [6, 6.07) is 54.1. The third-order valence-corrected chi connectivity index (χ3v) is 8.87. The average Bonchev–Trinajstić information content (AvgIpc) is 3.66. The van der Waals surface area contributed by atoms with Crippen molar-refractivity contribution in [2.24, 2.45) is 0 Å². The molecule has 0 saturated heterocycles. The summed E-state index contributed by atoms with van der Waals surface area (Å²) in [5, 5.41) is 5.87. The first-order valence-electron chi connectivity index (χ1n) is 15.9. The molecule has 6 heteroatoms. The minimum Gasteiger partial charge on any atom is -0.457 e. The van der Waals surface area contributed by atoms with Crippen LogP contribution in [0.2, 0.25) is 0 Å². The molecule has 1 aliphatic heterocycles. The van der Waals surface area contributed by atoms with E-state index >= 15 is 0 Å². The van der Waals surface area contributed by atoms with Crippen LogP contribution in [0.5, 0.6) is 11.5 Å². The van der Waals surface area contributed by atoms with Gasteiger partial charge in [-0.25, -0.2) is 10.0 Å². The van der Waals surface area contributed by atoms with Crippen LogP contribution in [0.1, 0.15) is 0 Å². The Labute approximate surface area is 278 Å². The molecule has 8 aromatic rings. The Bertz CT molecular complexity index is 2450. The lowest BCUT2D eigenvalue weighted by atomic mass is 9.95. The van der Waals surface area contributed by atoms with Gasteiger partial charge in [0.15, 0.2) is 0 Å². The highest BCUT2D eigenvalue weighted by atomic mass is 16.8. The van der Waals surface area contributed by atoms with E-state index in [0.717, 1.165) is 61.6 Å². The Morgan fingerprint density at radius 2 is 1.25 bits per heavy atom. The van der Waals surface area contributed by atoms with E-state index in [1.807, 2.05) is 79.0 Å². The number of ether oxygens (including phenoxy) is 1. The maximum Gasteiger partial charge on any atom is 0.138 e. The average molecular weight is 623 g/mol. The molecule has 0 bridgehead atoms. The third kappa shape index (κ3) is 4.75. The number of nitrogens with zero attached hydrogens (tertiary/aromatic N) is 4. The van der Waals surface area contributed by atoms with E-state index in [0.29, 0.717) is 5.75 Å². The van der Waals surface area contributed by atoms with Crippen LogP contribution in [-0.4, -0.2) is 16.6 Å². The molecule has 0 fully saturated rings. The van der Waals surface area contributed by atoms with Gasteiger partial charge in [0, 0.05) is 36.1 Å². The van der Waals surface area contributed by atoms with Gasteiger partial charge in [-0.15, -0.1) is 4.94 Å². The minimum atomic E-state index is 0.711. The first kappa shape index (κ1) is 27.9. The molecule has 9 rings (SSSR count). The normalized spacial score (nSPS) is 12.5. The standard InChI is InChI=1S/C42H30N4O2/c1-44-39-20-9-10-21-40(39)46(48-44)31-14-11-15-32(27-31)47-33-22-23-37-36-18-7-8-19-38(36)45(41(37)28-33)42-26-30(24-25-43-42)35-17-6-5-16-34(35)29-12-3-2-4-13-29/h2-28H,1H3. The lowest BCUT2D eigenvalue weighted by Crippen LogP contribution is -2.20. The third-order valence-electron chi connectivity index (χ3n) is 8.87. The number of pyridine rings is 1. The van der Waals surface area contributed by atoms with Crippen molar-refractivity contribution < 1.29 is 9.68 Å². The zero-order chi connectivity index (χ0) is 32.0. The van der Waals surface area contributed by atoms with Crippen LogP contribution in [0.4, 0.5) is 17.1 Å². The van der Waals surface area contributed by atoms with Crippen LogP contribution < -0.4 is 14.9 Å². The molecule has 0 amide bonds. The van der Waals surface area contributed by atoms with Crippen molar-refractivity contribution in [1.82, 2.24) is 9.55 Å². The maximum atomic E-state index is 6.52. The summed E-state index contributed by atoms with van der Waals surface area (Å²) in [5.74, 6) is 2.28. The summed E-state index contributed by atoms with van der Waals surface area (Å²) in [6.45, 7) is 0. The highest BCUT2D eigenvalue weighted by Gasteiger charge is 2.26.